The molecule has 0 aliphatic rings. The van der Waals surface area contributed by atoms with Crippen molar-refractivity contribution in [2.24, 2.45) is 0 Å². The zero-order chi connectivity index (χ0) is 13.3. The molecule has 0 saturated carbocycles. The summed E-state index contributed by atoms with van der Waals surface area (Å²) >= 11 is 0. The Kier molecular flexibility index (Phi) is 8.06. The molecule has 0 heterocycles. The van der Waals surface area contributed by atoms with Gasteiger partial charge < -0.3 is 18.4 Å². The topological polar surface area (TPSA) is 65.0 Å². The maximum absolute atomic E-state index is 11.3. The highest BCUT2D eigenvalue weighted by Gasteiger charge is 2.48. The van der Waals surface area contributed by atoms with Crippen molar-refractivity contribution in [3.05, 3.63) is 11.3 Å². The van der Waals surface area contributed by atoms with E-state index in [0.29, 0.717) is 26.2 Å². The Morgan fingerprint density at radius 1 is 1.06 bits per heavy atom. The quantitative estimate of drug-likeness (QED) is 0.508. The molecule has 0 aromatic rings. The molecule has 0 spiro atoms. The van der Waals surface area contributed by atoms with Crippen molar-refractivity contribution in [3.8, 4) is 0 Å². The first-order chi connectivity index (χ1) is 8.07. The first-order valence-corrected chi connectivity index (χ1v) is 7.66. The molecule has 0 unspecified atom stereocenters. The number of carboxylic acids is 1. The molecule has 0 aromatic heterocycles. The minimum Gasteiger partial charge on any atom is -0.478 e. The number of carboxylic acid groups (broad SMARTS) is 1. The van der Waals surface area contributed by atoms with Gasteiger partial charge in [-0.3, -0.25) is 0 Å². The highest BCUT2D eigenvalue weighted by atomic mass is 28.4. The minimum atomic E-state index is -3.25. The summed E-state index contributed by atoms with van der Waals surface area (Å²) in [5.74, 6) is -1.03. The van der Waals surface area contributed by atoms with E-state index >= 15 is 0 Å². The molecule has 0 aliphatic carbocycles. The second-order valence-corrected chi connectivity index (χ2v) is 5.70. The van der Waals surface area contributed by atoms with Gasteiger partial charge in [0.05, 0.1) is 0 Å². The molecule has 0 aliphatic heterocycles. The standard InChI is InChI=1S/C11H22O5Si/c1-5-9-10(11(12)13)17(14-6-2,15-7-3)16-8-4/h9H,5-8H2,1-4H3,(H,12,13)/b10-9+. The molecule has 0 atom stereocenters. The summed E-state index contributed by atoms with van der Waals surface area (Å²) in [6.07, 6.45) is 2.21. The van der Waals surface area contributed by atoms with Crippen LogP contribution in [0.15, 0.2) is 11.3 Å². The first kappa shape index (κ1) is 16.3. The number of aliphatic carboxylic acids is 1. The fourth-order valence-corrected chi connectivity index (χ4v) is 4.05. The molecule has 17 heavy (non-hydrogen) atoms. The zero-order valence-electron chi connectivity index (χ0n) is 11.0. The van der Waals surface area contributed by atoms with E-state index in [1.807, 2.05) is 6.92 Å². The van der Waals surface area contributed by atoms with Gasteiger partial charge in [0, 0.05) is 19.8 Å². The maximum Gasteiger partial charge on any atom is 0.544 e. The lowest BCUT2D eigenvalue weighted by atomic mass is 10.4. The third-order valence-electron chi connectivity index (χ3n) is 1.97. The van der Waals surface area contributed by atoms with E-state index in [1.165, 1.54) is 0 Å². The van der Waals surface area contributed by atoms with E-state index in [2.05, 4.69) is 0 Å². The Morgan fingerprint density at radius 3 is 1.71 bits per heavy atom. The Balaban J connectivity index is 5.32. The smallest absolute Gasteiger partial charge is 0.478 e. The lowest BCUT2D eigenvalue weighted by Crippen LogP contribution is -2.50. The molecule has 1 N–H and O–H groups in total. The monoisotopic (exact) mass is 262 g/mol. The predicted molar refractivity (Wildman–Crippen MR) is 66.6 cm³/mol. The van der Waals surface area contributed by atoms with Gasteiger partial charge in [-0.2, -0.15) is 0 Å². The van der Waals surface area contributed by atoms with Crippen LogP contribution in [-0.2, 0) is 18.1 Å². The van der Waals surface area contributed by atoms with Crippen LogP contribution in [0.5, 0.6) is 0 Å². The SMILES string of the molecule is CC/C=C(\C(=O)O)[Si](OCC)(OCC)OCC. The van der Waals surface area contributed by atoms with Crippen LogP contribution in [0.4, 0.5) is 0 Å². The summed E-state index contributed by atoms with van der Waals surface area (Å²) in [6.45, 7) is 8.34. The van der Waals surface area contributed by atoms with Crippen LogP contribution in [0.25, 0.3) is 0 Å². The van der Waals surface area contributed by atoms with Crippen molar-refractivity contribution >= 4 is 14.8 Å². The molecule has 0 saturated heterocycles. The van der Waals surface area contributed by atoms with Gasteiger partial charge in [-0.15, -0.1) is 0 Å². The Bertz CT molecular complexity index is 248. The fourth-order valence-electron chi connectivity index (χ4n) is 1.48. The summed E-state index contributed by atoms with van der Waals surface area (Å²) in [5, 5.41) is 9.38. The molecule has 0 amide bonds. The normalized spacial score (nSPS) is 12.8. The van der Waals surface area contributed by atoms with Gasteiger partial charge in [0.25, 0.3) is 0 Å². The molecule has 6 heteroatoms. The van der Waals surface area contributed by atoms with Crippen molar-refractivity contribution in [3.63, 3.8) is 0 Å². The van der Waals surface area contributed by atoms with Gasteiger partial charge in [-0.25, -0.2) is 4.79 Å². The average Bonchev–Trinajstić information content (AvgIpc) is 2.26. The average molecular weight is 262 g/mol. The number of rotatable bonds is 9. The zero-order valence-corrected chi connectivity index (χ0v) is 12.0. The number of allylic oxidation sites excluding steroid dienone is 1. The van der Waals surface area contributed by atoms with Gasteiger partial charge in [-0.05, 0) is 27.2 Å². The van der Waals surface area contributed by atoms with Crippen LogP contribution in [0, 0.1) is 0 Å². The van der Waals surface area contributed by atoms with Gasteiger partial charge in [0.15, 0.2) is 0 Å². The van der Waals surface area contributed by atoms with E-state index in [9.17, 15) is 9.90 Å². The van der Waals surface area contributed by atoms with E-state index < -0.39 is 14.8 Å². The molecule has 0 radical (unpaired) electrons. The second-order valence-electron chi connectivity index (χ2n) is 3.19. The van der Waals surface area contributed by atoms with E-state index in [-0.39, 0.29) is 5.20 Å². The van der Waals surface area contributed by atoms with Crippen LogP contribution >= 0.6 is 0 Å². The summed E-state index contributed by atoms with van der Waals surface area (Å²) in [7, 11) is -3.25. The van der Waals surface area contributed by atoms with E-state index in [1.54, 1.807) is 26.8 Å². The lowest BCUT2D eigenvalue weighted by molar-refractivity contribution is -0.132. The lowest BCUT2D eigenvalue weighted by Gasteiger charge is -2.28. The Hall–Kier alpha value is -0.693. The van der Waals surface area contributed by atoms with E-state index in [0.717, 1.165) is 0 Å². The first-order valence-electron chi connectivity index (χ1n) is 5.93. The summed E-state index contributed by atoms with van der Waals surface area (Å²) in [6, 6.07) is 0. The van der Waals surface area contributed by atoms with Crippen LogP contribution < -0.4 is 0 Å². The van der Waals surface area contributed by atoms with Gasteiger partial charge in [-0.1, -0.05) is 13.0 Å². The molecule has 0 rings (SSSR count). The van der Waals surface area contributed by atoms with Crippen molar-refractivity contribution in [2.45, 2.75) is 34.1 Å². The van der Waals surface area contributed by atoms with Gasteiger partial charge >= 0.3 is 14.8 Å². The van der Waals surface area contributed by atoms with Crippen molar-refractivity contribution in [2.75, 3.05) is 19.8 Å². The number of hydrogen-bond acceptors (Lipinski definition) is 4. The summed E-state index contributed by atoms with van der Waals surface area (Å²) in [4.78, 5) is 11.3. The molecule has 0 fully saturated rings. The number of hydrogen-bond donors (Lipinski definition) is 1. The highest BCUT2D eigenvalue weighted by molar-refractivity contribution is 6.73. The van der Waals surface area contributed by atoms with Crippen LogP contribution in [0.1, 0.15) is 34.1 Å². The molecular weight excluding hydrogens is 240 g/mol. The minimum absolute atomic E-state index is 0.130. The fraction of sp³-hybridized carbons (Fsp3) is 0.727. The highest BCUT2D eigenvalue weighted by Crippen LogP contribution is 2.21. The third kappa shape index (κ3) is 4.59. The van der Waals surface area contributed by atoms with Crippen LogP contribution in [0.2, 0.25) is 0 Å². The van der Waals surface area contributed by atoms with Crippen LogP contribution in [0.3, 0.4) is 0 Å². The largest absolute Gasteiger partial charge is 0.544 e. The van der Waals surface area contributed by atoms with Crippen molar-refractivity contribution in [1.29, 1.82) is 0 Å². The molecule has 100 valence electrons. The van der Waals surface area contributed by atoms with Crippen molar-refractivity contribution < 1.29 is 23.2 Å². The molecule has 0 aromatic carbocycles. The van der Waals surface area contributed by atoms with Crippen LogP contribution in [-0.4, -0.2) is 39.7 Å². The summed E-state index contributed by atoms with van der Waals surface area (Å²) < 4.78 is 16.6. The van der Waals surface area contributed by atoms with Crippen molar-refractivity contribution in [1.82, 2.24) is 0 Å². The van der Waals surface area contributed by atoms with Gasteiger partial charge in [0.1, 0.15) is 5.20 Å². The second kappa shape index (κ2) is 8.41. The molecule has 5 nitrogen and oxygen atoms in total. The Labute approximate surface area is 104 Å². The summed E-state index contributed by atoms with van der Waals surface area (Å²) in [5.41, 5.74) is 0. The number of carbonyl (C=O) groups is 1. The van der Waals surface area contributed by atoms with E-state index in [4.69, 9.17) is 13.3 Å². The molecular formula is C11H22O5Si. The molecule has 0 bridgehead atoms. The third-order valence-corrected chi connectivity index (χ3v) is 5.06. The predicted octanol–water partition coefficient (Wildman–Crippen LogP) is 1.99. The Morgan fingerprint density at radius 2 is 1.47 bits per heavy atom. The van der Waals surface area contributed by atoms with Gasteiger partial charge in [0.2, 0.25) is 0 Å². The maximum atomic E-state index is 11.3.